The van der Waals surface area contributed by atoms with Crippen LogP contribution in [0.25, 0.3) is 21.5 Å². The van der Waals surface area contributed by atoms with Crippen molar-refractivity contribution in [2.45, 2.75) is 20.3 Å². The Bertz CT molecular complexity index is 931. The van der Waals surface area contributed by atoms with Crippen LogP contribution in [0, 0.1) is 6.92 Å². The molecule has 3 aromatic rings. The first kappa shape index (κ1) is 18.3. The van der Waals surface area contributed by atoms with Crippen LogP contribution < -0.4 is 4.90 Å². The van der Waals surface area contributed by atoms with Crippen molar-refractivity contribution >= 4 is 27.9 Å². The highest BCUT2D eigenvalue weighted by atomic mass is 32.1. The van der Waals surface area contributed by atoms with E-state index in [1.807, 2.05) is 6.92 Å². The van der Waals surface area contributed by atoms with Crippen LogP contribution in [0.15, 0.2) is 30.3 Å². The van der Waals surface area contributed by atoms with Crippen LogP contribution in [0.1, 0.15) is 17.5 Å². The molecule has 4 rings (SSSR count). The van der Waals surface area contributed by atoms with Crippen molar-refractivity contribution < 1.29 is 5.11 Å². The van der Waals surface area contributed by atoms with Crippen molar-refractivity contribution in [3.63, 3.8) is 0 Å². The molecule has 0 spiro atoms. The van der Waals surface area contributed by atoms with Gasteiger partial charge in [0, 0.05) is 49.5 Å². The molecule has 0 aliphatic carbocycles. The lowest BCUT2D eigenvalue weighted by molar-refractivity contribution is 0.271. The predicted molar refractivity (Wildman–Crippen MR) is 113 cm³/mol. The Labute approximate surface area is 164 Å². The van der Waals surface area contributed by atoms with E-state index in [0.29, 0.717) is 6.42 Å². The maximum absolute atomic E-state index is 9.27. The van der Waals surface area contributed by atoms with Gasteiger partial charge in [0.2, 0.25) is 0 Å². The number of aryl methyl sites for hydroxylation is 1. The number of likely N-dealkylation sites (N-methyl/N-ethyl adjacent to an activating group) is 1. The van der Waals surface area contributed by atoms with E-state index in [0.717, 1.165) is 59.8 Å². The number of fused-ring (bicyclic) bond motifs is 1. The van der Waals surface area contributed by atoms with Gasteiger partial charge in [-0.05, 0) is 24.9 Å². The molecule has 1 saturated heterocycles. The molecule has 27 heavy (non-hydrogen) atoms. The Morgan fingerprint density at radius 1 is 1.11 bits per heavy atom. The van der Waals surface area contributed by atoms with Gasteiger partial charge in [-0.15, -0.1) is 11.3 Å². The molecule has 6 heteroatoms. The summed E-state index contributed by atoms with van der Waals surface area (Å²) in [5, 5.41) is 12.6. The van der Waals surface area contributed by atoms with Gasteiger partial charge < -0.3 is 14.9 Å². The number of hydrogen-bond acceptors (Lipinski definition) is 6. The number of rotatable bonds is 5. The van der Waals surface area contributed by atoms with E-state index in [4.69, 9.17) is 9.97 Å². The largest absolute Gasteiger partial charge is 0.396 e. The normalized spacial score (nSPS) is 15.6. The maximum atomic E-state index is 9.27. The molecule has 0 radical (unpaired) electrons. The Morgan fingerprint density at radius 3 is 2.63 bits per heavy atom. The van der Waals surface area contributed by atoms with Crippen molar-refractivity contribution in [1.82, 2.24) is 14.9 Å². The fourth-order valence-electron chi connectivity index (χ4n) is 3.68. The molecule has 1 aliphatic rings. The number of nitrogens with zero attached hydrogens (tertiary/aromatic N) is 4. The highest BCUT2D eigenvalue weighted by Gasteiger charge is 2.20. The van der Waals surface area contributed by atoms with E-state index in [2.05, 4.69) is 47.1 Å². The fraction of sp³-hybridized carbons (Fsp3) is 0.429. The van der Waals surface area contributed by atoms with Crippen LogP contribution in [-0.4, -0.2) is 59.3 Å². The molecule has 1 N–H and O–H groups in total. The van der Waals surface area contributed by atoms with Crippen molar-refractivity contribution in [2.75, 3.05) is 44.2 Å². The number of aliphatic hydroxyl groups is 1. The highest BCUT2D eigenvalue weighted by molar-refractivity contribution is 7.15. The molecular weight excluding hydrogens is 356 g/mol. The number of anilines is 1. The zero-order chi connectivity index (χ0) is 18.8. The lowest BCUT2D eigenvalue weighted by Gasteiger charge is -2.35. The summed E-state index contributed by atoms with van der Waals surface area (Å²) in [5.41, 5.74) is 1.93. The molecule has 0 unspecified atom stereocenters. The Hall–Kier alpha value is -2.02. The van der Waals surface area contributed by atoms with Gasteiger partial charge in [0.05, 0.1) is 5.69 Å². The van der Waals surface area contributed by atoms with Crippen LogP contribution in [0.2, 0.25) is 0 Å². The molecule has 1 aromatic carbocycles. The van der Waals surface area contributed by atoms with Gasteiger partial charge in [-0.2, -0.15) is 0 Å². The first-order valence-electron chi connectivity index (χ1n) is 9.64. The summed E-state index contributed by atoms with van der Waals surface area (Å²) in [6.45, 7) is 9.65. The van der Waals surface area contributed by atoms with Gasteiger partial charge in [0.1, 0.15) is 16.5 Å². The van der Waals surface area contributed by atoms with Crippen LogP contribution in [0.5, 0.6) is 0 Å². The number of aliphatic hydroxyl groups excluding tert-OH is 1. The Kier molecular flexibility index (Phi) is 5.38. The van der Waals surface area contributed by atoms with E-state index in [1.165, 1.54) is 10.8 Å². The third-order valence-electron chi connectivity index (χ3n) is 5.29. The molecule has 5 nitrogen and oxygen atoms in total. The Balaban J connectivity index is 1.76. The maximum Gasteiger partial charge on any atom is 0.142 e. The number of piperazine rings is 1. The lowest BCUT2D eigenvalue weighted by atomic mass is 10.1. The zero-order valence-corrected chi connectivity index (χ0v) is 16.8. The second-order valence-electron chi connectivity index (χ2n) is 6.97. The summed E-state index contributed by atoms with van der Waals surface area (Å²) in [6.07, 6.45) is 0.656. The van der Waals surface area contributed by atoms with Crippen molar-refractivity contribution in [3.8, 4) is 10.7 Å². The summed E-state index contributed by atoms with van der Waals surface area (Å²) in [7, 11) is 0. The van der Waals surface area contributed by atoms with Gasteiger partial charge >= 0.3 is 0 Å². The van der Waals surface area contributed by atoms with E-state index in [1.54, 1.807) is 11.3 Å². The second kappa shape index (κ2) is 7.92. The molecular formula is C21H26N4OS. The van der Waals surface area contributed by atoms with Crippen LogP contribution in [0.3, 0.4) is 0 Å². The number of pyridine rings is 1. The van der Waals surface area contributed by atoms with Crippen molar-refractivity contribution in [3.05, 3.63) is 40.9 Å². The summed E-state index contributed by atoms with van der Waals surface area (Å²) in [5.74, 6) is 1.07. The van der Waals surface area contributed by atoms with Crippen LogP contribution in [0.4, 0.5) is 5.82 Å². The summed E-state index contributed by atoms with van der Waals surface area (Å²) < 4.78 is 0. The first-order valence-corrected chi connectivity index (χ1v) is 10.5. The molecule has 1 aliphatic heterocycles. The van der Waals surface area contributed by atoms with Gasteiger partial charge in [0.15, 0.2) is 0 Å². The van der Waals surface area contributed by atoms with Crippen molar-refractivity contribution in [1.29, 1.82) is 0 Å². The Morgan fingerprint density at radius 2 is 1.89 bits per heavy atom. The summed E-state index contributed by atoms with van der Waals surface area (Å²) in [6, 6.07) is 10.6. The van der Waals surface area contributed by atoms with Gasteiger partial charge in [-0.3, -0.25) is 0 Å². The quantitative estimate of drug-likeness (QED) is 0.733. The van der Waals surface area contributed by atoms with E-state index in [-0.39, 0.29) is 6.61 Å². The SMILES string of the molecule is CCN1CCN(c2nc(-c3nc(C)c(CCO)s3)cc3ccccc23)CC1. The number of thiazole rings is 1. The topological polar surface area (TPSA) is 52.5 Å². The standard InChI is InChI=1S/C21H26N4OS/c1-3-24-9-11-25(12-10-24)20-17-7-5-4-6-16(17)14-18(23-20)21-22-15(2)19(27-21)8-13-26/h4-7,14,26H,3,8-13H2,1-2H3. The monoisotopic (exact) mass is 382 g/mol. The van der Waals surface area contributed by atoms with Crippen LogP contribution in [-0.2, 0) is 6.42 Å². The lowest BCUT2D eigenvalue weighted by Crippen LogP contribution is -2.46. The average Bonchev–Trinajstić information content (AvgIpc) is 3.08. The van der Waals surface area contributed by atoms with Gasteiger partial charge in [-0.1, -0.05) is 31.2 Å². The fourth-order valence-corrected chi connectivity index (χ4v) is 4.69. The van der Waals surface area contributed by atoms with E-state index >= 15 is 0 Å². The third kappa shape index (κ3) is 3.70. The first-order chi connectivity index (χ1) is 13.2. The van der Waals surface area contributed by atoms with Crippen molar-refractivity contribution in [2.24, 2.45) is 0 Å². The highest BCUT2D eigenvalue weighted by Crippen LogP contribution is 2.33. The molecule has 0 atom stereocenters. The minimum Gasteiger partial charge on any atom is -0.396 e. The summed E-state index contributed by atoms with van der Waals surface area (Å²) >= 11 is 1.64. The molecule has 3 heterocycles. The minimum atomic E-state index is 0.153. The second-order valence-corrected chi connectivity index (χ2v) is 8.06. The minimum absolute atomic E-state index is 0.153. The average molecular weight is 383 g/mol. The number of aromatic nitrogens is 2. The van der Waals surface area contributed by atoms with Gasteiger partial charge in [0.25, 0.3) is 0 Å². The number of hydrogen-bond donors (Lipinski definition) is 1. The molecule has 0 saturated carbocycles. The molecule has 0 bridgehead atoms. The number of benzene rings is 1. The molecule has 1 fully saturated rings. The van der Waals surface area contributed by atoms with Crippen LogP contribution >= 0.6 is 11.3 Å². The molecule has 0 amide bonds. The van der Waals surface area contributed by atoms with E-state index < -0.39 is 0 Å². The summed E-state index contributed by atoms with van der Waals surface area (Å²) in [4.78, 5) is 15.8. The predicted octanol–water partition coefficient (Wildman–Crippen LogP) is 3.34. The molecule has 2 aromatic heterocycles. The third-order valence-corrected chi connectivity index (χ3v) is 6.53. The zero-order valence-electron chi connectivity index (χ0n) is 16.0. The molecule has 142 valence electrons. The smallest absolute Gasteiger partial charge is 0.142 e. The van der Waals surface area contributed by atoms with E-state index in [9.17, 15) is 5.11 Å². The van der Waals surface area contributed by atoms with Gasteiger partial charge in [-0.25, -0.2) is 9.97 Å².